The highest BCUT2D eigenvalue weighted by molar-refractivity contribution is 7.89. The molecule has 0 radical (unpaired) electrons. The standard InChI is InChI=1S/C17H23FN2O5S/c1-2-26(23,24)20-15-8-7-14(25-16(15)11-21)9-17(22)19-10-12-3-5-13(18)6-4-12/h3-8,14-16,20-21H,2,9-11H2,1H3,(H,19,22)/t14-,15+,16+/m1/s1. The van der Waals surface area contributed by atoms with E-state index in [0.717, 1.165) is 5.56 Å². The molecule has 0 spiro atoms. The second-order valence-corrected chi connectivity index (χ2v) is 7.98. The molecule has 0 fully saturated rings. The Kier molecular flexibility index (Phi) is 7.27. The van der Waals surface area contributed by atoms with Gasteiger partial charge in [0.05, 0.1) is 30.9 Å². The molecule has 1 aliphatic rings. The van der Waals surface area contributed by atoms with Crippen LogP contribution in [0.2, 0.25) is 0 Å². The number of carbonyl (C=O) groups is 1. The lowest BCUT2D eigenvalue weighted by molar-refractivity contribution is -0.125. The number of amides is 1. The predicted octanol–water partition coefficient (Wildman–Crippen LogP) is 0.456. The van der Waals surface area contributed by atoms with Gasteiger partial charge in [0.25, 0.3) is 0 Å². The zero-order valence-electron chi connectivity index (χ0n) is 14.4. The summed E-state index contributed by atoms with van der Waals surface area (Å²) in [6.45, 7) is 1.39. The number of nitrogens with one attached hydrogen (secondary N) is 2. The van der Waals surface area contributed by atoms with Crippen molar-refractivity contribution < 1.29 is 27.4 Å². The zero-order valence-corrected chi connectivity index (χ0v) is 15.2. The second-order valence-electron chi connectivity index (χ2n) is 5.93. The molecule has 0 saturated heterocycles. The molecule has 1 aliphatic heterocycles. The molecule has 2 rings (SSSR count). The van der Waals surface area contributed by atoms with Crippen LogP contribution in [0.15, 0.2) is 36.4 Å². The van der Waals surface area contributed by atoms with Crippen molar-refractivity contribution in [1.82, 2.24) is 10.0 Å². The predicted molar refractivity (Wildman–Crippen MR) is 94.1 cm³/mol. The van der Waals surface area contributed by atoms with Gasteiger partial charge < -0.3 is 15.2 Å². The highest BCUT2D eigenvalue weighted by Gasteiger charge is 2.30. The fraction of sp³-hybridized carbons (Fsp3) is 0.471. The Hall–Kier alpha value is -1.81. The third kappa shape index (κ3) is 6.17. The monoisotopic (exact) mass is 386 g/mol. The molecule has 3 N–H and O–H groups in total. The summed E-state index contributed by atoms with van der Waals surface area (Å²) in [5.74, 6) is -0.692. The van der Waals surface area contributed by atoms with Gasteiger partial charge in [0.15, 0.2) is 0 Å². The third-order valence-electron chi connectivity index (χ3n) is 3.95. The summed E-state index contributed by atoms with van der Waals surface area (Å²) >= 11 is 0. The topological polar surface area (TPSA) is 105 Å². The maximum Gasteiger partial charge on any atom is 0.223 e. The van der Waals surface area contributed by atoms with Crippen LogP contribution in [0.25, 0.3) is 0 Å². The molecule has 26 heavy (non-hydrogen) atoms. The first-order chi connectivity index (χ1) is 12.3. The summed E-state index contributed by atoms with van der Waals surface area (Å²) in [5, 5.41) is 12.1. The molecular weight excluding hydrogens is 363 g/mol. The lowest BCUT2D eigenvalue weighted by Crippen LogP contribution is -2.49. The maximum absolute atomic E-state index is 12.8. The van der Waals surface area contributed by atoms with Crippen molar-refractivity contribution in [2.75, 3.05) is 12.4 Å². The van der Waals surface area contributed by atoms with Gasteiger partial charge in [0.1, 0.15) is 11.9 Å². The number of hydrogen-bond donors (Lipinski definition) is 3. The molecule has 0 unspecified atom stereocenters. The first-order valence-electron chi connectivity index (χ1n) is 8.28. The molecule has 1 aromatic carbocycles. The molecule has 144 valence electrons. The number of ether oxygens (including phenoxy) is 1. The molecule has 1 amide bonds. The van der Waals surface area contributed by atoms with Gasteiger partial charge in [-0.2, -0.15) is 0 Å². The summed E-state index contributed by atoms with van der Waals surface area (Å²) in [6, 6.07) is 5.12. The smallest absolute Gasteiger partial charge is 0.223 e. The zero-order chi connectivity index (χ0) is 19.2. The van der Waals surface area contributed by atoms with Crippen molar-refractivity contribution in [2.24, 2.45) is 0 Å². The quantitative estimate of drug-likeness (QED) is 0.563. The van der Waals surface area contributed by atoms with Gasteiger partial charge in [-0.15, -0.1) is 0 Å². The van der Waals surface area contributed by atoms with E-state index < -0.39 is 28.3 Å². The van der Waals surface area contributed by atoms with Crippen molar-refractivity contribution in [3.63, 3.8) is 0 Å². The van der Waals surface area contributed by atoms with Crippen LogP contribution in [0, 0.1) is 5.82 Å². The van der Waals surface area contributed by atoms with E-state index in [1.165, 1.54) is 19.1 Å². The molecule has 0 aromatic heterocycles. The van der Waals surface area contributed by atoms with Gasteiger partial charge in [-0.3, -0.25) is 4.79 Å². The lowest BCUT2D eigenvalue weighted by Gasteiger charge is -2.31. The highest BCUT2D eigenvalue weighted by Crippen LogP contribution is 2.16. The summed E-state index contributed by atoms with van der Waals surface area (Å²) in [4.78, 5) is 12.0. The van der Waals surface area contributed by atoms with Crippen molar-refractivity contribution in [3.8, 4) is 0 Å². The summed E-state index contributed by atoms with van der Waals surface area (Å²) in [5.41, 5.74) is 0.766. The second kappa shape index (κ2) is 9.22. The van der Waals surface area contributed by atoms with Crippen LogP contribution in [0.4, 0.5) is 4.39 Å². The van der Waals surface area contributed by atoms with Crippen molar-refractivity contribution in [2.45, 2.75) is 38.1 Å². The number of hydrogen-bond acceptors (Lipinski definition) is 5. The fourth-order valence-corrected chi connectivity index (χ4v) is 3.27. The Morgan fingerprint density at radius 3 is 2.58 bits per heavy atom. The number of aliphatic hydroxyl groups excluding tert-OH is 1. The number of rotatable bonds is 8. The van der Waals surface area contributed by atoms with Crippen LogP contribution in [0.1, 0.15) is 18.9 Å². The summed E-state index contributed by atoms with van der Waals surface area (Å²) in [6.07, 6.45) is 1.89. The number of benzene rings is 1. The van der Waals surface area contributed by atoms with E-state index in [-0.39, 0.29) is 37.0 Å². The number of halogens is 1. The van der Waals surface area contributed by atoms with E-state index in [9.17, 15) is 22.7 Å². The Bertz CT molecular complexity index is 736. The van der Waals surface area contributed by atoms with Crippen LogP contribution in [0.3, 0.4) is 0 Å². The Labute approximate surface area is 152 Å². The van der Waals surface area contributed by atoms with E-state index in [1.807, 2.05) is 0 Å². The number of carbonyl (C=O) groups excluding carboxylic acids is 1. The highest BCUT2D eigenvalue weighted by atomic mass is 32.2. The molecule has 1 heterocycles. The van der Waals surface area contributed by atoms with Gasteiger partial charge in [-0.05, 0) is 24.6 Å². The van der Waals surface area contributed by atoms with Gasteiger partial charge >= 0.3 is 0 Å². The largest absolute Gasteiger partial charge is 0.394 e. The Balaban J connectivity index is 1.87. The van der Waals surface area contributed by atoms with Crippen LogP contribution in [-0.2, 0) is 26.1 Å². The molecular formula is C17H23FN2O5S. The van der Waals surface area contributed by atoms with Gasteiger partial charge in [0.2, 0.25) is 15.9 Å². The lowest BCUT2D eigenvalue weighted by atomic mass is 10.1. The van der Waals surface area contributed by atoms with Crippen molar-refractivity contribution >= 4 is 15.9 Å². The molecule has 0 aliphatic carbocycles. The molecule has 7 nitrogen and oxygen atoms in total. The summed E-state index contributed by atoms with van der Waals surface area (Å²) in [7, 11) is -3.44. The van der Waals surface area contributed by atoms with Gasteiger partial charge in [0, 0.05) is 6.54 Å². The van der Waals surface area contributed by atoms with Crippen LogP contribution >= 0.6 is 0 Å². The van der Waals surface area contributed by atoms with E-state index >= 15 is 0 Å². The third-order valence-corrected chi connectivity index (χ3v) is 5.34. The average Bonchev–Trinajstić information content (AvgIpc) is 2.62. The Morgan fingerprint density at radius 2 is 1.96 bits per heavy atom. The van der Waals surface area contributed by atoms with E-state index in [0.29, 0.717) is 0 Å². The first-order valence-corrected chi connectivity index (χ1v) is 9.94. The molecule has 0 saturated carbocycles. The minimum atomic E-state index is -3.44. The minimum absolute atomic E-state index is 0.0292. The first kappa shape index (κ1) is 20.5. The molecule has 3 atom stereocenters. The van der Waals surface area contributed by atoms with Crippen molar-refractivity contribution in [1.29, 1.82) is 0 Å². The average molecular weight is 386 g/mol. The molecule has 0 bridgehead atoms. The summed E-state index contributed by atoms with van der Waals surface area (Å²) < 4.78 is 44.2. The maximum atomic E-state index is 12.8. The van der Waals surface area contributed by atoms with Gasteiger partial charge in [-0.1, -0.05) is 24.3 Å². The number of sulfonamides is 1. The minimum Gasteiger partial charge on any atom is -0.394 e. The van der Waals surface area contributed by atoms with Crippen LogP contribution in [-0.4, -0.2) is 50.0 Å². The normalized spacial score (nSPS) is 23.0. The van der Waals surface area contributed by atoms with Crippen LogP contribution in [0.5, 0.6) is 0 Å². The van der Waals surface area contributed by atoms with E-state index in [4.69, 9.17) is 4.74 Å². The molecule has 9 heteroatoms. The fourth-order valence-electron chi connectivity index (χ4n) is 2.46. The van der Waals surface area contributed by atoms with E-state index in [2.05, 4.69) is 10.0 Å². The Morgan fingerprint density at radius 1 is 1.27 bits per heavy atom. The SMILES string of the molecule is CCS(=O)(=O)N[C@H]1C=C[C@H](CC(=O)NCc2ccc(F)cc2)O[C@H]1CO. The van der Waals surface area contributed by atoms with Crippen LogP contribution < -0.4 is 10.0 Å². The van der Waals surface area contributed by atoms with E-state index in [1.54, 1.807) is 24.3 Å². The van der Waals surface area contributed by atoms with Crippen molar-refractivity contribution in [3.05, 3.63) is 47.8 Å². The molecule has 1 aromatic rings. The van der Waals surface area contributed by atoms with Gasteiger partial charge in [-0.25, -0.2) is 17.5 Å². The number of aliphatic hydroxyl groups is 1.